The first-order chi connectivity index (χ1) is 11.0. The average Bonchev–Trinajstić information content (AvgIpc) is 2.53. The smallest absolute Gasteiger partial charge is 0.255 e. The van der Waals surface area contributed by atoms with Crippen molar-refractivity contribution in [3.05, 3.63) is 52.5 Å². The summed E-state index contributed by atoms with van der Waals surface area (Å²) >= 11 is 3.34. The Hall–Kier alpha value is -2.54. The molecule has 0 aliphatic rings. The lowest BCUT2D eigenvalue weighted by Gasteiger charge is -2.09. The molecule has 0 radical (unpaired) electrons. The third-order valence-electron chi connectivity index (χ3n) is 2.89. The molecule has 0 aromatic heterocycles. The Morgan fingerprint density at radius 1 is 1.22 bits per heavy atom. The van der Waals surface area contributed by atoms with Gasteiger partial charge < -0.3 is 20.5 Å². The standard InChI is InChI=1S/C16H15BrN2O4/c1-22-14-6-5-10(7-13(14)17)16(21)19-11-3-2-4-12(8-11)23-9-15(18)20/h2-8H,9H2,1H3,(H2,18,20)(H,19,21). The SMILES string of the molecule is COc1ccc(C(=O)Nc2cccc(OCC(N)=O)c2)cc1Br. The van der Waals surface area contributed by atoms with Gasteiger partial charge in [0.15, 0.2) is 6.61 Å². The summed E-state index contributed by atoms with van der Waals surface area (Å²) in [5, 5.41) is 2.75. The van der Waals surface area contributed by atoms with Gasteiger partial charge >= 0.3 is 0 Å². The van der Waals surface area contributed by atoms with Crippen LogP contribution in [-0.4, -0.2) is 25.5 Å². The Kier molecular flexibility index (Phi) is 5.59. The fraction of sp³-hybridized carbons (Fsp3) is 0.125. The Morgan fingerprint density at radius 3 is 2.65 bits per heavy atom. The van der Waals surface area contributed by atoms with Gasteiger partial charge in [0.2, 0.25) is 0 Å². The predicted octanol–water partition coefficient (Wildman–Crippen LogP) is 2.57. The summed E-state index contributed by atoms with van der Waals surface area (Å²) in [5.74, 6) is 0.240. The van der Waals surface area contributed by atoms with E-state index in [4.69, 9.17) is 15.2 Å². The zero-order valence-corrected chi connectivity index (χ0v) is 13.9. The van der Waals surface area contributed by atoms with Gasteiger partial charge in [0.05, 0.1) is 11.6 Å². The van der Waals surface area contributed by atoms with Crippen LogP contribution in [0.5, 0.6) is 11.5 Å². The molecule has 3 N–H and O–H groups in total. The molecule has 2 aromatic carbocycles. The van der Waals surface area contributed by atoms with Gasteiger partial charge in [-0.15, -0.1) is 0 Å². The predicted molar refractivity (Wildman–Crippen MR) is 89.8 cm³/mol. The number of amides is 2. The minimum atomic E-state index is -0.567. The van der Waals surface area contributed by atoms with E-state index in [0.717, 1.165) is 0 Å². The van der Waals surface area contributed by atoms with Crippen molar-refractivity contribution in [3.63, 3.8) is 0 Å². The number of ether oxygens (including phenoxy) is 2. The van der Waals surface area contributed by atoms with E-state index in [0.29, 0.717) is 27.2 Å². The van der Waals surface area contributed by atoms with Crippen molar-refractivity contribution >= 4 is 33.4 Å². The second-order valence-corrected chi connectivity index (χ2v) is 5.44. The van der Waals surface area contributed by atoms with E-state index in [2.05, 4.69) is 21.2 Å². The summed E-state index contributed by atoms with van der Waals surface area (Å²) in [5.41, 5.74) is 6.04. The maximum absolute atomic E-state index is 12.3. The van der Waals surface area contributed by atoms with Gasteiger partial charge in [-0.3, -0.25) is 9.59 Å². The van der Waals surface area contributed by atoms with Crippen LogP contribution < -0.4 is 20.5 Å². The molecule has 2 aromatic rings. The summed E-state index contributed by atoms with van der Waals surface area (Å²) in [4.78, 5) is 23.0. The van der Waals surface area contributed by atoms with Crippen molar-refractivity contribution in [1.82, 2.24) is 0 Å². The molecule has 0 heterocycles. The zero-order chi connectivity index (χ0) is 16.8. The van der Waals surface area contributed by atoms with Crippen LogP contribution in [0.4, 0.5) is 5.69 Å². The molecule has 0 saturated carbocycles. The maximum Gasteiger partial charge on any atom is 0.255 e. The summed E-state index contributed by atoms with van der Waals surface area (Å²) in [7, 11) is 1.55. The van der Waals surface area contributed by atoms with Crippen LogP contribution in [0.15, 0.2) is 46.9 Å². The van der Waals surface area contributed by atoms with Crippen LogP contribution in [0.25, 0.3) is 0 Å². The molecule has 6 nitrogen and oxygen atoms in total. The number of nitrogens with two attached hydrogens (primary N) is 1. The highest BCUT2D eigenvalue weighted by Crippen LogP contribution is 2.26. The molecular weight excluding hydrogens is 364 g/mol. The third kappa shape index (κ3) is 4.72. The first-order valence-corrected chi connectivity index (χ1v) is 7.45. The number of carbonyl (C=O) groups excluding carboxylic acids is 2. The Bertz CT molecular complexity index is 734. The van der Waals surface area contributed by atoms with Crippen LogP contribution in [0.3, 0.4) is 0 Å². The summed E-state index contributed by atoms with van der Waals surface area (Å²) < 4.78 is 11.0. The van der Waals surface area contributed by atoms with Crippen LogP contribution in [0, 0.1) is 0 Å². The first-order valence-electron chi connectivity index (χ1n) is 6.65. The number of hydrogen-bond acceptors (Lipinski definition) is 4. The second kappa shape index (κ2) is 7.64. The molecule has 0 unspecified atom stereocenters. The van der Waals surface area contributed by atoms with Gasteiger partial charge in [-0.2, -0.15) is 0 Å². The number of anilines is 1. The number of rotatable bonds is 6. The number of hydrogen-bond donors (Lipinski definition) is 2. The molecule has 0 spiro atoms. The Balaban J connectivity index is 2.09. The van der Waals surface area contributed by atoms with E-state index in [1.165, 1.54) is 0 Å². The Labute approximate surface area is 141 Å². The fourth-order valence-electron chi connectivity index (χ4n) is 1.83. The van der Waals surface area contributed by atoms with Crippen molar-refractivity contribution < 1.29 is 19.1 Å². The van der Waals surface area contributed by atoms with Crippen LogP contribution in [0.1, 0.15) is 10.4 Å². The largest absolute Gasteiger partial charge is 0.496 e. The third-order valence-corrected chi connectivity index (χ3v) is 3.51. The number of primary amides is 1. The van der Waals surface area contributed by atoms with Crippen LogP contribution in [-0.2, 0) is 4.79 Å². The second-order valence-electron chi connectivity index (χ2n) is 4.59. The molecule has 0 aliphatic carbocycles. The van der Waals surface area contributed by atoms with Crippen molar-refractivity contribution in [3.8, 4) is 11.5 Å². The minimum Gasteiger partial charge on any atom is -0.496 e. The highest BCUT2D eigenvalue weighted by atomic mass is 79.9. The van der Waals surface area contributed by atoms with E-state index in [9.17, 15) is 9.59 Å². The monoisotopic (exact) mass is 378 g/mol. The lowest BCUT2D eigenvalue weighted by molar-refractivity contribution is -0.119. The average molecular weight is 379 g/mol. The molecule has 0 aliphatic heterocycles. The highest BCUT2D eigenvalue weighted by Gasteiger charge is 2.10. The first kappa shape index (κ1) is 16.8. The zero-order valence-electron chi connectivity index (χ0n) is 12.3. The van der Waals surface area contributed by atoms with Crippen LogP contribution in [0.2, 0.25) is 0 Å². The number of carbonyl (C=O) groups is 2. The molecule has 0 fully saturated rings. The van der Waals surface area contributed by atoms with Gasteiger partial charge in [0, 0.05) is 17.3 Å². The van der Waals surface area contributed by atoms with Gasteiger partial charge in [0.25, 0.3) is 11.8 Å². The fourth-order valence-corrected chi connectivity index (χ4v) is 2.37. The highest BCUT2D eigenvalue weighted by molar-refractivity contribution is 9.10. The summed E-state index contributed by atoms with van der Waals surface area (Å²) in [6, 6.07) is 11.7. The Morgan fingerprint density at radius 2 is 2.00 bits per heavy atom. The van der Waals surface area contributed by atoms with Crippen LogP contribution >= 0.6 is 15.9 Å². The molecular formula is C16H15BrN2O4. The van der Waals surface area contributed by atoms with E-state index in [-0.39, 0.29) is 12.5 Å². The lowest BCUT2D eigenvalue weighted by atomic mass is 10.2. The molecule has 0 saturated heterocycles. The molecule has 7 heteroatoms. The lowest BCUT2D eigenvalue weighted by Crippen LogP contribution is -2.20. The molecule has 23 heavy (non-hydrogen) atoms. The van der Waals surface area contributed by atoms with E-state index in [1.54, 1.807) is 49.6 Å². The normalized spacial score (nSPS) is 10.0. The number of nitrogens with one attached hydrogen (secondary N) is 1. The van der Waals surface area contributed by atoms with E-state index >= 15 is 0 Å². The molecule has 120 valence electrons. The number of methoxy groups -OCH3 is 1. The number of halogens is 1. The van der Waals surface area contributed by atoms with Crippen molar-refractivity contribution in [2.75, 3.05) is 19.0 Å². The van der Waals surface area contributed by atoms with Crippen molar-refractivity contribution in [2.24, 2.45) is 5.73 Å². The molecule has 0 atom stereocenters. The summed E-state index contributed by atoms with van der Waals surface area (Å²) in [6.45, 7) is -0.219. The topological polar surface area (TPSA) is 90.7 Å². The summed E-state index contributed by atoms with van der Waals surface area (Å²) in [6.07, 6.45) is 0. The molecule has 0 bridgehead atoms. The van der Waals surface area contributed by atoms with E-state index in [1.807, 2.05) is 0 Å². The van der Waals surface area contributed by atoms with Gasteiger partial charge in [-0.25, -0.2) is 0 Å². The van der Waals surface area contributed by atoms with Gasteiger partial charge in [-0.1, -0.05) is 6.07 Å². The minimum absolute atomic E-state index is 0.219. The quantitative estimate of drug-likeness (QED) is 0.807. The number of benzene rings is 2. The van der Waals surface area contributed by atoms with Gasteiger partial charge in [-0.05, 0) is 46.3 Å². The molecule has 2 amide bonds. The van der Waals surface area contributed by atoms with Crippen molar-refractivity contribution in [2.45, 2.75) is 0 Å². The maximum atomic E-state index is 12.3. The van der Waals surface area contributed by atoms with E-state index < -0.39 is 5.91 Å². The molecule has 2 rings (SSSR count). The van der Waals surface area contributed by atoms with Crippen molar-refractivity contribution in [1.29, 1.82) is 0 Å². The van der Waals surface area contributed by atoms with Gasteiger partial charge in [0.1, 0.15) is 11.5 Å².